The lowest BCUT2D eigenvalue weighted by Crippen LogP contribution is -2.04. The first-order valence-electron chi connectivity index (χ1n) is 4.33. The van der Waals surface area contributed by atoms with Crippen LogP contribution in [0, 0.1) is 0 Å². The molecule has 0 fully saturated rings. The van der Waals surface area contributed by atoms with E-state index in [-0.39, 0.29) is 0 Å². The quantitative estimate of drug-likeness (QED) is 0.638. The van der Waals surface area contributed by atoms with E-state index in [1.165, 1.54) is 0 Å². The van der Waals surface area contributed by atoms with Gasteiger partial charge in [0.2, 0.25) is 0 Å². The van der Waals surface area contributed by atoms with Gasteiger partial charge in [-0.25, -0.2) is 0 Å². The van der Waals surface area contributed by atoms with Gasteiger partial charge in [-0.3, -0.25) is 9.48 Å². The molecule has 0 aliphatic rings. The fraction of sp³-hybridized carbons (Fsp3) is 0.556. The standard InChI is InChI=1S/C9H14N2O/c1-3-5-11-9(4-2)8(7-12)6-10-11/h6-7H,3-5H2,1-2H3. The molecule has 0 aliphatic carbocycles. The third kappa shape index (κ3) is 1.55. The lowest BCUT2D eigenvalue weighted by Gasteiger charge is -2.03. The summed E-state index contributed by atoms with van der Waals surface area (Å²) in [5.41, 5.74) is 1.78. The van der Waals surface area contributed by atoms with Crippen LogP contribution in [-0.4, -0.2) is 16.1 Å². The summed E-state index contributed by atoms with van der Waals surface area (Å²) in [6.07, 6.45) is 4.43. The van der Waals surface area contributed by atoms with Crippen LogP contribution in [0.4, 0.5) is 0 Å². The second-order valence-electron chi connectivity index (χ2n) is 2.74. The Morgan fingerprint density at radius 2 is 2.33 bits per heavy atom. The fourth-order valence-electron chi connectivity index (χ4n) is 1.31. The van der Waals surface area contributed by atoms with Gasteiger partial charge < -0.3 is 0 Å². The Labute approximate surface area is 72.4 Å². The molecule has 0 spiro atoms. The molecule has 3 heteroatoms. The van der Waals surface area contributed by atoms with Gasteiger partial charge in [0, 0.05) is 12.2 Å². The number of carbonyl (C=O) groups is 1. The molecule has 66 valence electrons. The maximum atomic E-state index is 10.6. The molecule has 0 unspecified atom stereocenters. The molecule has 0 radical (unpaired) electrons. The summed E-state index contributed by atoms with van der Waals surface area (Å²) >= 11 is 0. The maximum Gasteiger partial charge on any atom is 0.153 e. The van der Waals surface area contributed by atoms with Crippen LogP contribution in [-0.2, 0) is 13.0 Å². The first-order chi connectivity index (χ1) is 5.83. The zero-order valence-corrected chi connectivity index (χ0v) is 7.58. The third-order valence-corrected chi connectivity index (χ3v) is 1.88. The molecule has 0 bridgehead atoms. The van der Waals surface area contributed by atoms with Crippen molar-refractivity contribution < 1.29 is 4.79 Å². The van der Waals surface area contributed by atoms with Crippen molar-refractivity contribution in [2.75, 3.05) is 0 Å². The molecule has 0 aliphatic heterocycles. The first-order valence-corrected chi connectivity index (χ1v) is 4.33. The molecule has 0 saturated carbocycles. The topological polar surface area (TPSA) is 34.9 Å². The van der Waals surface area contributed by atoms with Crippen LogP contribution in [0.3, 0.4) is 0 Å². The van der Waals surface area contributed by atoms with Crippen molar-refractivity contribution >= 4 is 6.29 Å². The molecule has 0 N–H and O–H groups in total. The normalized spacial score (nSPS) is 10.2. The van der Waals surface area contributed by atoms with Crippen LogP contribution in [0.1, 0.15) is 36.3 Å². The van der Waals surface area contributed by atoms with E-state index < -0.39 is 0 Å². The van der Waals surface area contributed by atoms with Gasteiger partial charge in [0.15, 0.2) is 6.29 Å². The molecule has 12 heavy (non-hydrogen) atoms. The zero-order valence-electron chi connectivity index (χ0n) is 7.58. The van der Waals surface area contributed by atoms with Crippen molar-refractivity contribution in [2.24, 2.45) is 0 Å². The van der Waals surface area contributed by atoms with E-state index in [1.807, 2.05) is 11.6 Å². The number of nitrogens with zero attached hydrogens (tertiary/aromatic N) is 2. The van der Waals surface area contributed by atoms with E-state index in [9.17, 15) is 4.79 Å². The van der Waals surface area contributed by atoms with Crippen LogP contribution >= 0.6 is 0 Å². The molecule has 1 rings (SSSR count). The summed E-state index contributed by atoms with van der Waals surface area (Å²) in [5, 5.41) is 4.13. The highest BCUT2D eigenvalue weighted by atomic mass is 16.1. The molecule has 0 atom stereocenters. The molecular formula is C9H14N2O. The Bertz CT molecular complexity index is 265. The van der Waals surface area contributed by atoms with Crippen LogP contribution in [0.15, 0.2) is 6.20 Å². The van der Waals surface area contributed by atoms with Crippen LogP contribution in [0.5, 0.6) is 0 Å². The van der Waals surface area contributed by atoms with Crippen molar-refractivity contribution in [3.8, 4) is 0 Å². The molecule has 1 aromatic rings. The largest absolute Gasteiger partial charge is 0.298 e. The van der Waals surface area contributed by atoms with Crippen molar-refractivity contribution in [1.29, 1.82) is 0 Å². The minimum Gasteiger partial charge on any atom is -0.298 e. The summed E-state index contributed by atoms with van der Waals surface area (Å²) in [6, 6.07) is 0. The Hall–Kier alpha value is -1.12. The van der Waals surface area contributed by atoms with E-state index in [0.29, 0.717) is 0 Å². The van der Waals surface area contributed by atoms with Crippen molar-refractivity contribution in [2.45, 2.75) is 33.2 Å². The highest BCUT2D eigenvalue weighted by Crippen LogP contribution is 2.07. The summed E-state index contributed by atoms with van der Waals surface area (Å²) in [7, 11) is 0. The van der Waals surface area contributed by atoms with Crippen molar-refractivity contribution in [3.63, 3.8) is 0 Å². The van der Waals surface area contributed by atoms with E-state index in [1.54, 1.807) is 6.20 Å². The van der Waals surface area contributed by atoms with Crippen LogP contribution < -0.4 is 0 Å². The van der Waals surface area contributed by atoms with Gasteiger partial charge in [-0.2, -0.15) is 5.10 Å². The number of hydrogen-bond acceptors (Lipinski definition) is 2. The molecule has 1 heterocycles. The Balaban J connectivity index is 2.96. The minimum absolute atomic E-state index is 0.728. The average molecular weight is 166 g/mol. The minimum atomic E-state index is 0.728. The molecule has 3 nitrogen and oxygen atoms in total. The van der Waals surface area contributed by atoms with Crippen LogP contribution in [0.2, 0.25) is 0 Å². The summed E-state index contributed by atoms with van der Waals surface area (Å²) in [4.78, 5) is 10.6. The van der Waals surface area contributed by atoms with Crippen molar-refractivity contribution in [3.05, 3.63) is 17.5 Å². The maximum absolute atomic E-state index is 10.6. The summed E-state index contributed by atoms with van der Waals surface area (Å²) < 4.78 is 1.91. The average Bonchev–Trinajstić information content (AvgIpc) is 2.47. The zero-order chi connectivity index (χ0) is 8.97. The van der Waals surface area contributed by atoms with E-state index in [0.717, 1.165) is 36.9 Å². The lowest BCUT2D eigenvalue weighted by molar-refractivity contribution is 0.112. The molecule has 0 amide bonds. The molecule has 0 saturated heterocycles. The highest BCUT2D eigenvalue weighted by Gasteiger charge is 2.06. The third-order valence-electron chi connectivity index (χ3n) is 1.88. The molecule has 0 aromatic carbocycles. The van der Waals surface area contributed by atoms with Gasteiger partial charge in [-0.1, -0.05) is 13.8 Å². The second-order valence-corrected chi connectivity index (χ2v) is 2.74. The molecule has 1 aromatic heterocycles. The number of aldehydes is 1. The van der Waals surface area contributed by atoms with E-state index >= 15 is 0 Å². The number of carbonyl (C=O) groups excluding carboxylic acids is 1. The fourth-order valence-corrected chi connectivity index (χ4v) is 1.31. The molecular weight excluding hydrogens is 152 g/mol. The van der Waals surface area contributed by atoms with E-state index in [2.05, 4.69) is 12.0 Å². The number of hydrogen-bond donors (Lipinski definition) is 0. The van der Waals surface area contributed by atoms with Crippen LogP contribution in [0.25, 0.3) is 0 Å². The Morgan fingerprint density at radius 1 is 1.58 bits per heavy atom. The summed E-state index contributed by atoms with van der Waals surface area (Å²) in [6.45, 7) is 5.04. The Kier molecular flexibility index (Phi) is 3.02. The van der Waals surface area contributed by atoms with Gasteiger partial charge >= 0.3 is 0 Å². The van der Waals surface area contributed by atoms with Gasteiger partial charge in [-0.15, -0.1) is 0 Å². The number of aromatic nitrogens is 2. The summed E-state index contributed by atoms with van der Waals surface area (Å²) in [5.74, 6) is 0. The van der Waals surface area contributed by atoms with Gasteiger partial charge in [0.05, 0.1) is 11.8 Å². The lowest BCUT2D eigenvalue weighted by atomic mass is 10.2. The Morgan fingerprint density at radius 3 is 2.83 bits per heavy atom. The predicted octanol–water partition coefficient (Wildman–Crippen LogP) is 1.67. The monoisotopic (exact) mass is 166 g/mol. The first kappa shape index (κ1) is 8.97. The highest BCUT2D eigenvalue weighted by molar-refractivity contribution is 5.75. The van der Waals surface area contributed by atoms with Gasteiger partial charge in [-0.05, 0) is 12.8 Å². The number of rotatable bonds is 4. The predicted molar refractivity (Wildman–Crippen MR) is 47.3 cm³/mol. The second kappa shape index (κ2) is 4.04. The smallest absolute Gasteiger partial charge is 0.153 e. The number of aryl methyl sites for hydroxylation is 1. The SMILES string of the molecule is CCCn1ncc(C=O)c1CC. The van der Waals surface area contributed by atoms with E-state index in [4.69, 9.17) is 0 Å². The van der Waals surface area contributed by atoms with Gasteiger partial charge in [0.25, 0.3) is 0 Å². The van der Waals surface area contributed by atoms with Gasteiger partial charge in [0.1, 0.15) is 0 Å². The van der Waals surface area contributed by atoms with Crippen molar-refractivity contribution in [1.82, 2.24) is 9.78 Å².